The lowest BCUT2D eigenvalue weighted by atomic mass is 10.0. The van der Waals surface area contributed by atoms with E-state index in [1.807, 2.05) is 31.2 Å². The smallest absolute Gasteiger partial charge is 0.312 e. The van der Waals surface area contributed by atoms with E-state index < -0.39 is 11.8 Å². The summed E-state index contributed by atoms with van der Waals surface area (Å²) < 4.78 is 0. The molecule has 102 valence electrons. The van der Waals surface area contributed by atoms with Gasteiger partial charge in [-0.05, 0) is 12.5 Å². The Morgan fingerprint density at radius 2 is 2.00 bits per heavy atom. The first-order valence-corrected chi connectivity index (χ1v) is 6.35. The van der Waals surface area contributed by atoms with E-state index in [1.165, 1.54) is 9.80 Å². The molecule has 1 aliphatic rings. The van der Waals surface area contributed by atoms with Crippen molar-refractivity contribution in [1.29, 1.82) is 0 Å². The SMILES string of the molecule is Cc1cccc(C(N)CN2CCN(C)C(=O)C2=O)c1. The normalized spacial score (nSPS) is 17.8. The fourth-order valence-corrected chi connectivity index (χ4v) is 2.19. The third-order valence-electron chi connectivity index (χ3n) is 3.41. The summed E-state index contributed by atoms with van der Waals surface area (Å²) in [5, 5.41) is 0. The molecule has 0 bridgehead atoms. The molecule has 0 spiro atoms. The predicted octanol–water partition coefficient (Wildman–Crippen LogP) is 0.295. The zero-order valence-electron chi connectivity index (χ0n) is 11.3. The Morgan fingerprint density at radius 1 is 1.26 bits per heavy atom. The second kappa shape index (κ2) is 5.40. The number of nitrogens with two attached hydrogens (primary N) is 1. The van der Waals surface area contributed by atoms with Gasteiger partial charge in [-0.25, -0.2) is 0 Å². The standard InChI is InChI=1S/C14H19N3O2/c1-10-4-3-5-11(8-10)12(15)9-17-7-6-16(2)13(18)14(17)19/h3-5,8,12H,6-7,9,15H2,1-2H3. The highest BCUT2D eigenvalue weighted by molar-refractivity contribution is 6.35. The van der Waals surface area contributed by atoms with Crippen LogP contribution in [0, 0.1) is 6.92 Å². The molecular weight excluding hydrogens is 242 g/mol. The van der Waals surface area contributed by atoms with Gasteiger partial charge in [0, 0.05) is 32.7 Å². The summed E-state index contributed by atoms with van der Waals surface area (Å²) in [6.45, 7) is 3.48. The lowest BCUT2D eigenvalue weighted by molar-refractivity contribution is -0.155. The number of nitrogens with zero attached hydrogens (tertiary/aromatic N) is 2. The lowest BCUT2D eigenvalue weighted by Crippen LogP contribution is -2.54. The second-order valence-electron chi connectivity index (χ2n) is 5.00. The summed E-state index contributed by atoms with van der Waals surface area (Å²) in [4.78, 5) is 26.4. The first kappa shape index (κ1) is 13.5. The molecule has 0 radical (unpaired) electrons. The number of hydrogen-bond donors (Lipinski definition) is 1. The maximum absolute atomic E-state index is 11.8. The second-order valence-corrected chi connectivity index (χ2v) is 5.00. The van der Waals surface area contributed by atoms with Crippen LogP contribution in [0.3, 0.4) is 0 Å². The number of rotatable bonds is 3. The highest BCUT2D eigenvalue weighted by atomic mass is 16.2. The summed E-state index contributed by atoms with van der Waals surface area (Å²) in [7, 11) is 1.64. The summed E-state index contributed by atoms with van der Waals surface area (Å²) in [5.41, 5.74) is 8.24. The molecule has 2 rings (SSSR count). The average molecular weight is 261 g/mol. The minimum absolute atomic E-state index is 0.264. The van der Waals surface area contributed by atoms with E-state index in [2.05, 4.69) is 0 Å². The van der Waals surface area contributed by atoms with Crippen LogP contribution >= 0.6 is 0 Å². The van der Waals surface area contributed by atoms with Crippen molar-refractivity contribution in [2.75, 3.05) is 26.7 Å². The molecule has 2 N–H and O–H groups in total. The number of aryl methyl sites for hydroxylation is 1. The lowest BCUT2D eigenvalue weighted by Gasteiger charge is -2.33. The minimum atomic E-state index is -0.461. The number of hydrogen-bond acceptors (Lipinski definition) is 3. The van der Waals surface area contributed by atoms with Gasteiger partial charge in [0.05, 0.1) is 0 Å². The van der Waals surface area contributed by atoms with Crippen molar-refractivity contribution in [3.63, 3.8) is 0 Å². The average Bonchev–Trinajstić information content (AvgIpc) is 2.39. The van der Waals surface area contributed by atoms with Gasteiger partial charge in [0.1, 0.15) is 0 Å². The number of likely N-dealkylation sites (N-methyl/N-ethyl adjacent to an activating group) is 1. The monoisotopic (exact) mass is 261 g/mol. The van der Waals surface area contributed by atoms with E-state index in [0.717, 1.165) is 11.1 Å². The predicted molar refractivity (Wildman–Crippen MR) is 72.3 cm³/mol. The molecule has 0 aliphatic carbocycles. The molecule has 1 fully saturated rings. The Morgan fingerprint density at radius 3 is 2.68 bits per heavy atom. The van der Waals surface area contributed by atoms with Crippen LogP contribution in [0.25, 0.3) is 0 Å². The zero-order valence-corrected chi connectivity index (χ0v) is 11.3. The van der Waals surface area contributed by atoms with E-state index >= 15 is 0 Å². The van der Waals surface area contributed by atoms with Crippen molar-refractivity contribution >= 4 is 11.8 Å². The Hall–Kier alpha value is -1.88. The Bertz CT molecular complexity index is 501. The molecule has 1 atom stereocenters. The third-order valence-corrected chi connectivity index (χ3v) is 3.41. The Labute approximate surface area is 113 Å². The van der Waals surface area contributed by atoms with Gasteiger partial charge in [0.15, 0.2) is 0 Å². The maximum atomic E-state index is 11.8. The van der Waals surface area contributed by atoms with Crippen molar-refractivity contribution in [1.82, 2.24) is 9.80 Å². The highest BCUT2D eigenvalue weighted by Crippen LogP contribution is 2.15. The summed E-state index contributed by atoms with van der Waals surface area (Å²) >= 11 is 0. The first-order chi connectivity index (χ1) is 8.99. The zero-order chi connectivity index (χ0) is 14.0. The highest BCUT2D eigenvalue weighted by Gasteiger charge is 2.31. The molecule has 1 heterocycles. The molecule has 0 saturated carbocycles. The van der Waals surface area contributed by atoms with Crippen LogP contribution in [0.2, 0.25) is 0 Å². The van der Waals surface area contributed by atoms with Crippen molar-refractivity contribution in [3.05, 3.63) is 35.4 Å². The minimum Gasteiger partial charge on any atom is -0.336 e. The summed E-state index contributed by atoms with van der Waals surface area (Å²) in [6.07, 6.45) is 0. The molecule has 1 unspecified atom stereocenters. The number of piperazine rings is 1. The molecule has 5 nitrogen and oxygen atoms in total. The van der Waals surface area contributed by atoms with E-state index in [9.17, 15) is 9.59 Å². The van der Waals surface area contributed by atoms with Crippen LogP contribution in [-0.2, 0) is 9.59 Å². The van der Waals surface area contributed by atoms with Gasteiger partial charge in [-0.1, -0.05) is 29.8 Å². The van der Waals surface area contributed by atoms with Gasteiger partial charge in [0.2, 0.25) is 0 Å². The molecule has 1 aliphatic heterocycles. The van der Waals surface area contributed by atoms with E-state index in [-0.39, 0.29) is 6.04 Å². The molecular formula is C14H19N3O2. The summed E-state index contributed by atoms with van der Waals surface area (Å²) in [5.74, 6) is -0.917. The van der Waals surface area contributed by atoms with Crippen LogP contribution in [0.1, 0.15) is 17.2 Å². The maximum Gasteiger partial charge on any atom is 0.312 e. The topological polar surface area (TPSA) is 66.6 Å². The van der Waals surface area contributed by atoms with Crippen molar-refractivity contribution < 1.29 is 9.59 Å². The van der Waals surface area contributed by atoms with Crippen LogP contribution in [0.5, 0.6) is 0 Å². The fourth-order valence-electron chi connectivity index (χ4n) is 2.19. The number of benzene rings is 1. The van der Waals surface area contributed by atoms with Gasteiger partial charge in [-0.2, -0.15) is 0 Å². The molecule has 0 aromatic heterocycles. The largest absolute Gasteiger partial charge is 0.336 e. The molecule has 1 aromatic rings. The van der Waals surface area contributed by atoms with Gasteiger partial charge in [0.25, 0.3) is 0 Å². The molecule has 2 amide bonds. The van der Waals surface area contributed by atoms with Gasteiger partial charge >= 0.3 is 11.8 Å². The van der Waals surface area contributed by atoms with Crippen LogP contribution in [0.4, 0.5) is 0 Å². The first-order valence-electron chi connectivity index (χ1n) is 6.35. The molecule has 1 saturated heterocycles. The Kier molecular flexibility index (Phi) is 3.85. The van der Waals surface area contributed by atoms with Crippen LogP contribution < -0.4 is 5.73 Å². The van der Waals surface area contributed by atoms with Crippen molar-refractivity contribution in [2.45, 2.75) is 13.0 Å². The number of carbonyl (C=O) groups excluding carboxylic acids is 2. The summed E-state index contributed by atoms with van der Waals surface area (Å²) in [6, 6.07) is 7.63. The fraction of sp³-hybridized carbons (Fsp3) is 0.429. The number of carbonyl (C=O) groups is 2. The van der Waals surface area contributed by atoms with Gasteiger partial charge in [-0.15, -0.1) is 0 Å². The molecule has 1 aromatic carbocycles. The molecule has 19 heavy (non-hydrogen) atoms. The van der Waals surface area contributed by atoms with Gasteiger partial charge in [-0.3, -0.25) is 9.59 Å². The van der Waals surface area contributed by atoms with Crippen LogP contribution in [-0.4, -0.2) is 48.3 Å². The Balaban J connectivity index is 2.05. The van der Waals surface area contributed by atoms with Crippen molar-refractivity contribution in [3.8, 4) is 0 Å². The quantitative estimate of drug-likeness (QED) is 0.796. The van der Waals surface area contributed by atoms with E-state index in [4.69, 9.17) is 5.73 Å². The van der Waals surface area contributed by atoms with E-state index in [0.29, 0.717) is 19.6 Å². The van der Waals surface area contributed by atoms with E-state index in [1.54, 1.807) is 7.05 Å². The van der Waals surface area contributed by atoms with Gasteiger partial charge < -0.3 is 15.5 Å². The van der Waals surface area contributed by atoms with Crippen molar-refractivity contribution in [2.24, 2.45) is 5.73 Å². The molecule has 5 heteroatoms. The van der Waals surface area contributed by atoms with Crippen LogP contribution in [0.15, 0.2) is 24.3 Å². The number of amides is 2. The third kappa shape index (κ3) is 2.93.